The van der Waals surface area contributed by atoms with Crippen LogP contribution in [0.1, 0.15) is 24.0 Å². The lowest BCUT2D eigenvalue weighted by Gasteiger charge is -2.20. The maximum absolute atomic E-state index is 12.9. The normalized spacial score (nSPS) is 13.7. The van der Waals surface area contributed by atoms with Gasteiger partial charge in [0.1, 0.15) is 11.6 Å². The van der Waals surface area contributed by atoms with E-state index in [-0.39, 0.29) is 29.5 Å². The van der Waals surface area contributed by atoms with Crippen LogP contribution in [0.4, 0.5) is 8.78 Å². The van der Waals surface area contributed by atoms with Crippen molar-refractivity contribution in [1.29, 1.82) is 0 Å². The molecule has 150 valence electrons. The van der Waals surface area contributed by atoms with Crippen LogP contribution in [0.2, 0.25) is 0 Å². The van der Waals surface area contributed by atoms with E-state index in [1.54, 1.807) is 41.3 Å². The molecule has 2 amide bonds. The van der Waals surface area contributed by atoms with Crippen molar-refractivity contribution in [3.05, 3.63) is 83.4 Å². The Balaban J connectivity index is 1.47. The lowest BCUT2D eigenvalue weighted by atomic mass is 10.2. The lowest BCUT2D eigenvalue weighted by molar-refractivity contribution is -0.127. The van der Waals surface area contributed by atoms with Gasteiger partial charge >= 0.3 is 0 Å². The molecule has 0 unspecified atom stereocenters. The summed E-state index contributed by atoms with van der Waals surface area (Å²) in [5.74, 6) is -1.06. The Bertz CT molecular complexity index is 901. The van der Waals surface area contributed by atoms with Crippen LogP contribution in [-0.4, -0.2) is 35.8 Å². The topological polar surface area (TPSA) is 49.4 Å². The molecule has 0 radical (unpaired) electrons. The molecule has 29 heavy (non-hydrogen) atoms. The summed E-state index contributed by atoms with van der Waals surface area (Å²) in [5.41, 5.74) is 1.47. The third-order valence-electron chi connectivity index (χ3n) is 4.51. The maximum atomic E-state index is 12.9. The van der Waals surface area contributed by atoms with Crippen LogP contribution in [0.25, 0.3) is 12.2 Å². The predicted octanol–water partition coefficient (Wildman–Crippen LogP) is 3.80. The fourth-order valence-corrected chi connectivity index (χ4v) is 2.80. The van der Waals surface area contributed by atoms with E-state index in [4.69, 9.17) is 0 Å². The summed E-state index contributed by atoms with van der Waals surface area (Å²) in [5, 5.41) is 2.75. The number of rotatable bonds is 8. The van der Waals surface area contributed by atoms with E-state index >= 15 is 0 Å². The molecule has 0 bridgehead atoms. The first-order valence-electron chi connectivity index (χ1n) is 9.47. The Morgan fingerprint density at radius 1 is 0.897 bits per heavy atom. The van der Waals surface area contributed by atoms with E-state index < -0.39 is 0 Å². The number of amides is 2. The smallest absolute Gasteiger partial charge is 0.246 e. The molecule has 0 heterocycles. The molecule has 6 heteroatoms. The molecule has 0 spiro atoms. The quantitative estimate of drug-likeness (QED) is 0.690. The number of halogens is 2. The Morgan fingerprint density at radius 2 is 1.41 bits per heavy atom. The number of nitrogens with one attached hydrogen (secondary N) is 1. The van der Waals surface area contributed by atoms with Crippen molar-refractivity contribution in [2.24, 2.45) is 0 Å². The molecule has 1 N–H and O–H groups in total. The van der Waals surface area contributed by atoms with Gasteiger partial charge in [-0.25, -0.2) is 8.78 Å². The van der Waals surface area contributed by atoms with Crippen LogP contribution >= 0.6 is 0 Å². The van der Waals surface area contributed by atoms with Gasteiger partial charge in [-0.15, -0.1) is 0 Å². The molecule has 1 saturated carbocycles. The number of hydrogen-bond donors (Lipinski definition) is 1. The van der Waals surface area contributed by atoms with Crippen molar-refractivity contribution < 1.29 is 18.4 Å². The zero-order valence-corrected chi connectivity index (χ0v) is 15.9. The molecule has 2 aromatic carbocycles. The maximum Gasteiger partial charge on any atom is 0.246 e. The van der Waals surface area contributed by atoms with Gasteiger partial charge in [-0.3, -0.25) is 9.59 Å². The third kappa shape index (κ3) is 6.68. The van der Waals surface area contributed by atoms with Crippen molar-refractivity contribution in [3.8, 4) is 0 Å². The van der Waals surface area contributed by atoms with E-state index in [0.717, 1.165) is 24.0 Å². The highest BCUT2D eigenvalue weighted by atomic mass is 19.1. The summed E-state index contributed by atoms with van der Waals surface area (Å²) in [6, 6.07) is 11.9. The summed E-state index contributed by atoms with van der Waals surface area (Å²) in [7, 11) is 0. The molecule has 3 rings (SSSR count). The van der Waals surface area contributed by atoms with E-state index in [9.17, 15) is 18.4 Å². The van der Waals surface area contributed by atoms with Crippen molar-refractivity contribution in [2.75, 3.05) is 13.1 Å². The van der Waals surface area contributed by atoms with Crippen molar-refractivity contribution in [2.45, 2.75) is 18.9 Å². The number of nitrogens with zero attached hydrogens (tertiary/aromatic N) is 1. The fourth-order valence-electron chi connectivity index (χ4n) is 2.80. The summed E-state index contributed by atoms with van der Waals surface area (Å²) >= 11 is 0. The minimum atomic E-state index is -0.329. The minimum absolute atomic E-state index is 0.132. The summed E-state index contributed by atoms with van der Waals surface area (Å²) in [6.07, 6.45) is 8.01. The van der Waals surface area contributed by atoms with Gasteiger partial charge in [0.25, 0.3) is 0 Å². The number of carbonyl (C=O) groups excluding carboxylic acids is 2. The summed E-state index contributed by atoms with van der Waals surface area (Å²) < 4.78 is 25.8. The molecular weight excluding hydrogens is 374 g/mol. The van der Waals surface area contributed by atoms with Crippen molar-refractivity contribution >= 4 is 24.0 Å². The fraction of sp³-hybridized carbons (Fsp3) is 0.217. The first kappa shape index (κ1) is 20.5. The Kier molecular flexibility index (Phi) is 6.89. The van der Waals surface area contributed by atoms with Gasteiger partial charge in [-0.2, -0.15) is 0 Å². The van der Waals surface area contributed by atoms with Crippen LogP contribution in [0.5, 0.6) is 0 Å². The summed E-state index contributed by atoms with van der Waals surface area (Å²) in [4.78, 5) is 26.2. The minimum Gasteiger partial charge on any atom is -0.351 e. The van der Waals surface area contributed by atoms with Crippen LogP contribution in [0.15, 0.2) is 60.7 Å². The number of benzene rings is 2. The Labute approximate surface area is 168 Å². The van der Waals surface area contributed by atoms with E-state index in [0.29, 0.717) is 13.1 Å². The molecule has 0 atom stereocenters. The third-order valence-corrected chi connectivity index (χ3v) is 4.51. The predicted molar refractivity (Wildman–Crippen MR) is 109 cm³/mol. The first-order valence-corrected chi connectivity index (χ1v) is 9.47. The molecule has 0 aliphatic heterocycles. The van der Waals surface area contributed by atoms with Gasteiger partial charge in [-0.1, -0.05) is 24.3 Å². The molecule has 1 aliphatic rings. The molecule has 0 aromatic heterocycles. The second-order valence-corrected chi connectivity index (χ2v) is 6.82. The monoisotopic (exact) mass is 396 g/mol. The van der Waals surface area contributed by atoms with E-state index in [2.05, 4.69) is 5.32 Å². The molecule has 0 saturated heterocycles. The van der Waals surface area contributed by atoms with Crippen LogP contribution < -0.4 is 5.32 Å². The average Bonchev–Trinajstić information content (AvgIpc) is 3.55. The van der Waals surface area contributed by atoms with Crippen molar-refractivity contribution in [3.63, 3.8) is 0 Å². The van der Waals surface area contributed by atoms with E-state index in [1.807, 2.05) is 0 Å². The highest BCUT2D eigenvalue weighted by Gasteiger charge is 2.31. The van der Waals surface area contributed by atoms with Gasteiger partial charge in [0.15, 0.2) is 0 Å². The van der Waals surface area contributed by atoms with Crippen LogP contribution in [0, 0.1) is 11.6 Å². The Hall–Kier alpha value is -3.28. The SMILES string of the molecule is O=C(/C=C/c1ccc(F)cc1)NCCN(C(=O)/C=C/c1ccc(F)cc1)C1CC1. The van der Waals surface area contributed by atoms with Crippen LogP contribution in [-0.2, 0) is 9.59 Å². The van der Waals surface area contributed by atoms with Gasteiger partial charge in [0.05, 0.1) is 0 Å². The van der Waals surface area contributed by atoms with Gasteiger partial charge in [0.2, 0.25) is 11.8 Å². The second kappa shape index (κ2) is 9.78. The molecule has 1 fully saturated rings. The van der Waals surface area contributed by atoms with Gasteiger partial charge in [0, 0.05) is 31.3 Å². The summed E-state index contributed by atoms with van der Waals surface area (Å²) in [6.45, 7) is 0.743. The Morgan fingerprint density at radius 3 is 1.93 bits per heavy atom. The van der Waals surface area contributed by atoms with Crippen LogP contribution in [0.3, 0.4) is 0 Å². The molecule has 4 nitrogen and oxygen atoms in total. The standard InChI is InChI=1S/C23H22F2N2O2/c24-19-7-1-17(2-8-19)5-13-22(28)26-15-16-27(21-11-12-21)23(29)14-6-18-3-9-20(25)10-4-18/h1-10,13-14,21H,11-12,15-16H2,(H,26,28)/b13-5+,14-6+. The molecular formula is C23H22F2N2O2. The second-order valence-electron chi connectivity index (χ2n) is 6.82. The zero-order valence-electron chi connectivity index (χ0n) is 15.9. The highest BCUT2D eigenvalue weighted by Crippen LogP contribution is 2.26. The molecule has 1 aliphatic carbocycles. The number of hydrogen-bond acceptors (Lipinski definition) is 2. The molecule has 2 aromatic rings. The first-order chi connectivity index (χ1) is 14.0. The van der Waals surface area contributed by atoms with Gasteiger partial charge in [-0.05, 0) is 60.4 Å². The number of carbonyl (C=O) groups is 2. The van der Waals surface area contributed by atoms with Crippen molar-refractivity contribution in [1.82, 2.24) is 10.2 Å². The highest BCUT2D eigenvalue weighted by molar-refractivity contribution is 5.93. The lowest BCUT2D eigenvalue weighted by Crippen LogP contribution is -2.38. The van der Waals surface area contributed by atoms with Gasteiger partial charge < -0.3 is 10.2 Å². The average molecular weight is 396 g/mol. The van der Waals surface area contributed by atoms with E-state index in [1.165, 1.54) is 36.4 Å². The zero-order chi connectivity index (χ0) is 20.6. The largest absolute Gasteiger partial charge is 0.351 e.